The summed E-state index contributed by atoms with van der Waals surface area (Å²) in [5, 5.41) is 0.0335. The van der Waals surface area contributed by atoms with Crippen LogP contribution in [0.4, 0.5) is 4.39 Å². The Hall–Kier alpha value is -0.560. The molecule has 1 saturated carbocycles. The second-order valence-electron chi connectivity index (χ2n) is 5.56. The van der Waals surface area contributed by atoms with Crippen molar-refractivity contribution in [2.24, 2.45) is 5.92 Å². The molecule has 0 amide bonds. The van der Waals surface area contributed by atoms with Crippen LogP contribution >= 0.6 is 11.6 Å². The second kappa shape index (κ2) is 6.56. The van der Waals surface area contributed by atoms with Crippen LogP contribution in [0.1, 0.15) is 61.4 Å². The lowest BCUT2D eigenvalue weighted by Gasteiger charge is -2.22. The lowest BCUT2D eigenvalue weighted by atomic mass is 9.85. The fraction of sp³-hybridized carbons (Fsp3) is 0.625. The van der Waals surface area contributed by atoms with E-state index in [9.17, 15) is 4.39 Å². The first-order valence-electron chi connectivity index (χ1n) is 7.07. The summed E-state index contributed by atoms with van der Waals surface area (Å²) in [6, 6.07) is 5.23. The molecule has 0 aliphatic heterocycles. The largest absolute Gasteiger partial charge is 0.207 e. The summed E-state index contributed by atoms with van der Waals surface area (Å²) in [7, 11) is 0. The molecule has 1 aromatic rings. The Labute approximate surface area is 115 Å². The predicted molar refractivity (Wildman–Crippen MR) is 75.5 cm³/mol. The first-order valence-corrected chi connectivity index (χ1v) is 7.50. The third-order valence-electron chi connectivity index (χ3n) is 4.10. The van der Waals surface area contributed by atoms with Gasteiger partial charge in [-0.05, 0) is 42.9 Å². The fourth-order valence-corrected chi connectivity index (χ4v) is 3.15. The van der Waals surface area contributed by atoms with Gasteiger partial charge >= 0.3 is 0 Å². The summed E-state index contributed by atoms with van der Waals surface area (Å²) in [6.07, 6.45) is 9.12. The molecule has 0 aromatic heterocycles. The number of rotatable bonds is 4. The first-order chi connectivity index (χ1) is 8.66. The molecule has 1 unspecified atom stereocenters. The number of aryl methyl sites for hydroxylation is 1. The van der Waals surface area contributed by atoms with Gasteiger partial charge in [0.1, 0.15) is 5.82 Å². The molecule has 0 saturated heterocycles. The second-order valence-corrected chi connectivity index (χ2v) is 6.08. The summed E-state index contributed by atoms with van der Waals surface area (Å²) in [5.74, 6) is 0.719. The molecular formula is C16H22ClF. The minimum Gasteiger partial charge on any atom is -0.207 e. The van der Waals surface area contributed by atoms with E-state index in [1.54, 1.807) is 6.92 Å². The molecule has 1 aromatic carbocycles. The van der Waals surface area contributed by atoms with Crippen LogP contribution < -0.4 is 0 Å². The van der Waals surface area contributed by atoms with Crippen LogP contribution in [0.5, 0.6) is 0 Å². The Bertz CT molecular complexity index is 383. The zero-order valence-corrected chi connectivity index (χ0v) is 11.8. The van der Waals surface area contributed by atoms with Crippen LogP contribution in [0.3, 0.4) is 0 Å². The first kappa shape index (κ1) is 13.9. The van der Waals surface area contributed by atoms with Crippen LogP contribution in [-0.2, 0) is 0 Å². The average Bonchev–Trinajstić information content (AvgIpc) is 2.40. The Morgan fingerprint density at radius 3 is 2.67 bits per heavy atom. The van der Waals surface area contributed by atoms with Gasteiger partial charge in [0.15, 0.2) is 0 Å². The highest BCUT2D eigenvalue weighted by Gasteiger charge is 2.16. The van der Waals surface area contributed by atoms with Crippen molar-refractivity contribution < 1.29 is 4.39 Å². The van der Waals surface area contributed by atoms with Gasteiger partial charge in [0.2, 0.25) is 0 Å². The summed E-state index contributed by atoms with van der Waals surface area (Å²) < 4.78 is 13.2. The molecule has 0 nitrogen and oxygen atoms in total. The van der Waals surface area contributed by atoms with Crippen molar-refractivity contribution in [2.75, 3.05) is 0 Å². The summed E-state index contributed by atoms with van der Waals surface area (Å²) in [5.41, 5.74) is 1.75. The van der Waals surface area contributed by atoms with Gasteiger partial charge in [-0.1, -0.05) is 44.2 Å². The average molecular weight is 269 g/mol. The summed E-state index contributed by atoms with van der Waals surface area (Å²) in [4.78, 5) is 0. The Morgan fingerprint density at radius 1 is 1.28 bits per heavy atom. The Balaban J connectivity index is 1.86. The molecule has 0 N–H and O–H groups in total. The van der Waals surface area contributed by atoms with Crippen LogP contribution in [0.15, 0.2) is 18.2 Å². The molecule has 2 heteroatoms. The zero-order chi connectivity index (χ0) is 13.0. The van der Waals surface area contributed by atoms with Gasteiger partial charge in [-0.2, -0.15) is 0 Å². The maximum atomic E-state index is 13.2. The molecule has 18 heavy (non-hydrogen) atoms. The van der Waals surface area contributed by atoms with Crippen LogP contribution in [0.2, 0.25) is 0 Å². The fourth-order valence-electron chi connectivity index (χ4n) is 2.89. The van der Waals surface area contributed by atoms with E-state index in [0.29, 0.717) is 5.56 Å². The van der Waals surface area contributed by atoms with Crippen molar-refractivity contribution >= 4 is 11.6 Å². The minimum atomic E-state index is -0.144. The normalized spacial score (nSPS) is 18.8. The standard InChI is InChI=1S/C16H22ClF/c1-12-11-14(8-10-16(12)18)15(17)9-7-13-5-3-2-4-6-13/h8,10-11,13,15H,2-7,9H2,1H3. The van der Waals surface area contributed by atoms with Gasteiger partial charge in [-0.25, -0.2) is 4.39 Å². The highest BCUT2D eigenvalue weighted by molar-refractivity contribution is 6.20. The monoisotopic (exact) mass is 268 g/mol. The smallest absolute Gasteiger partial charge is 0.126 e. The molecule has 1 aliphatic carbocycles. The summed E-state index contributed by atoms with van der Waals surface area (Å²) >= 11 is 6.43. The number of benzene rings is 1. The molecule has 2 rings (SSSR count). The van der Waals surface area contributed by atoms with E-state index in [1.165, 1.54) is 44.6 Å². The lowest BCUT2D eigenvalue weighted by molar-refractivity contribution is 0.331. The maximum absolute atomic E-state index is 13.2. The van der Waals surface area contributed by atoms with E-state index in [-0.39, 0.29) is 11.2 Å². The van der Waals surface area contributed by atoms with Crippen LogP contribution in [0.25, 0.3) is 0 Å². The van der Waals surface area contributed by atoms with Gasteiger partial charge in [-0.3, -0.25) is 0 Å². The van der Waals surface area contributed by atoms with Gasteiger partial charge in [-0.15, -0.1) is 11.6 Å². The van der Waals surface area contributed by atoms with E-state index >= 15 is 0 Å². The van der Waals surface area contributed by atoms with E-state index in [0.717, 1.165) is 17.9 Å². The number of halogens is 2. The SMILES string of the molecule is Cc1cc(C(Cl)CCC2CCCCC2)ccc1F. The van der Waals surface area contributed by atoms with E-state index < -0.39 is 0 Å². The van der Waals surface area contributed by atoms with E-state index in [4.69, 9.17) is 11.6 Å². The molecule has 1 atom stereocenters. The van der Waals surface area contributed by atoms with Crippen LogP contribution in [0, 0.1) is 18.7 Å². The van der Waals surface area contributed by atoms with Gasteiger partial charge < -0.3 is 0 Å². The molecule has 0 radical (unpaired) electrons. The molecule has 100 valence electrons. The Morgan fingerprint density at radius 2 is 2.00 bits per heavy atom. The van der Waals surface area contributed by atoms with Gasteiger partial charge in [0.25, 0.3) is 0 Å². The third-order valence-corrected chi connectivity index (χ3v) is 4.57. The number of hydrogen-bond donors (Lipinski definition) is 0. The van der Waals surface area contributed by atoms with Crippen molar-refractivity contribution in [1.29, 1.82) is 0 Å². The molecular weight excluding hydrogens is 247 g/mol. The van der Waals surface area contributed by atoms with Gasteiger partial charge in [0.05, 0.1) is 5.38 Å². The zero-order valence-electron chi connectivity index (χ0n) is 11.1. The topological polar surface area (TPSA) is 0 Å². The van der Waals surface area contributed by atoms with Crippen molar-refractivity contribution in [1.82, 2.24) is 0 Å². The van der Waals surface area contributed by atoms with Gasteiger partial charge in [0, 0.05) is 0 Å². The molecule has 1 aliphatic rings. The molecule has 0 spiro atoms. The molecule has 0 heterocycles. The van der Waals surface area contributed by atoms with Crippen molar-refractivity contribution in [3.05, 3.63) is 35.1 Å². The Kier molecular flexibility index (Phi) is 5.05. The maximum Gasteiger partial charge on any atom is 0.126 e. The van der Waals surface area contributed by atoms with E-state index in [1.807, 2.05) is 12.1 Å². The molecule has 1 fully saturated rings. The predicted octanol–water partition coefficient (Wildman–Crippen LogP) is 5.77. The van der Waals surface area contributed by atoms with E-state index in [2.05, 4.69) is 0 Å². The number of hydrogen-bond acceptors (Lipinski definition) is 0. The van der Waals surface area contributed by atoms with Crippen molar-refractivity contribution in [3.63, 3.8) is 0 Å². The minimum absolute atomic E-state index is 0.0335. The van der Waals surface area contributed by atoms with Crippen molar-refractivity contribution in [3.8, 4) is 0 Å². The lowest BCUT2D eigenvalue weighted by Crippen LogP contribution is -2.07. The number of alkyl halides is 1. The third kappa shape index (κ3) is 3.71. The highest BCUT2D eigenvalue weighted by atomic mass is 35.5. The highest BCUT2D eigenvalue weighted by Crippen LogP contribution is 2.33. The quantitative estimate of drug-likeness (QED) is 0.608. The summed E-state index contributed by atoms with van der Waals surface area (Å²) in [6.45, 7) is 1.80. The van der Waals surface area contributed by atoms with Crippen LogP contribution in [-0.4, -0.2) is 0 Å². The molecule has 0 bridgehead atoms. The van der Waals surface area contributed by atoms with Crippen molar-refractivity contribution in [2.45, 2.75) is 57.2 Å².